The van der Waals surface area contributed by atoms with Gasteiger partial charge in [-0.05, 0) is 79.3 Å². The highest BCUT2D eigenvalue weighted by molar-refractivity contribution is 7.15. The Morgan fingerprint density at radius 3 is 2.68 bits per heavy atom. The molecular weight excluding hydrogens is 469 g/mol. The van der Waals surface area contributed by atoms with Gasteiger partial charge in [0.1, 0.15) is 10.8 Å². The van der Waals surface area contributed by atoms with E-state index in [2.05, 4.69) is 22.1 Å². The predicted molar refractivity (Wildman–Crippen MR) is 135 cm³/mol. The van der Waals surface area contributed by atoms with Gasteiger partial charge in [0.15, 0.2) is 0 Å². The van der Waals surface area contributed by atoms with Crippen LogP contribution < -0.4 is 5.32 Å². The fourth-order valence-electron chi connectivity index (χ4n) is 5.14. The normalized spacial score (nSPS) is 16.9. The number of nitrogens with one attached hydrogen (secondary N) is 1. The van der Waals surface area contributed by atoms with E-state index in [-0.39, 0.29) is 17.9 Å². The van der Waals surface area contributed by atoms with E-state index in [0.29, 0.717) is 17.3 Å². The lowest BCUT2D eigenvalue weighted by Crippen LogP contribution is -2.38. The van der Waals surface area contributed by atoms with Crippen LogP contribution in [0.2, 0.25) is 5.02 Å². The Morgan fingerprint density at radius 2 is 1.85 bits per heavy atom. The van der Waals surface area contributed by atoms with E-state index in [4.69, 9.17) is 11.6 Å². The number of halogens is 2. The molecule has 7 heteroatoms. The second kappa shape index (κ2) is 8.60. The highest BCUT2D eigenvalue weighted by Gasteiger charge is 2.36. The zero-order valence-corrected chi connectivity index (χ0v) is 20.0. The number of aromatic nitrogens is 1. The van der Waals surface area contributed by atoms with Crippen molar-refractivity contribution in [2.75, 3.05) is 5.32 Å². The highest BCUT2D eigenvalue weighted by Crippen LogP contribution is 2.44. The lowest BCUT2D eigenvalue weighted by molar-refractivity contribution is 0.194. The Morgan fingerprint density at radius 1 is 1.03 bits per heavy atom. The summed E-state index contributed by atoms with van der Waals surface area (Å²) in [6, 6.07) is 17.1. The Balaban J connectivity index is 1.50. The van der Waals surface area contributed by atoms with Crippen LogP contribution in [-0.4, -0.2) is 15.5 Å². The molecule has 0 fully saturated rings. The van der Waals surface area contributed by atoms with E-state index in [1.807, 2.05) is 34.4 Å². The number of carbonyl (C=O) groups is 1. The molecule has 4 nitrogen and oxygen atoms in total. The first-order valence-corrected chi connectivity index (χ1v) is 12.7. The van der Waals surface area contributed by atoms with Crippen molar-refractivity contribution < 1.29 is 9.18 Å². The summed E-state index contributed by atoms with van der Waals surface area (Å²) in [6.45, 7) is 0.483. The standard InChI is InChI=1S/C27H23ClFN3OS/c28-18-5-3-6-20(15-18)30-27(33)32-16-22-21-7-1-2-9-24(21)34-26(22)31-14-4-8-23(31)25(32)17-10-12-19(29)13-11-17/h3-6,8,10-15,25H,1-2,7,9,16H2,(H,30,33)/t25-/m1/s1. The molecule has 1 aliphatic heterocycles. The molecule has 0 unspecified atom stereocenters. The second-order valence-corrected chi connectivity index (χ2v) is 10.3. The molecule has 0 radical (unpaired) electrons. The summed E-state index contributed by atoms with van der Waals surface area (Å²) < 4.78 is 16.0. The van der Waals surface area contributed by atoms with Crippen molar-refractivity contribution in [3.05, 3.63) is 105 Å². The van der Waals surface area contributed by atoms with Crippen LogP contribution in [0.25, 0.3) is 5.00 Å². The number of anilines is 1. The molecule has 1 N–H and O–H groups in total. The van der Waals surface area contributed by atoms with E-state index in [1.54, 1.807) is 24.3 Å². The minimum absolute atomic E-state index is 0.215. The molecule has 1 aliphatic carbocycles. The van der Waals surface area contributed by atoms with Crippen molar-refractivity contribution >= 4 is 34.7 Å². The molecule has 0 saturated heterocycles. The van der Waals surface area contributed by atoms with Crippen molar-refractivity contribution in [2.45, 2.75) is 38.3 Å². The van der Waals surface area contributed by atoms with Gasteiger partial charge in [0.25, 0.3) is 0 Å². The van der Waals surface area contributed by atoms with Gasteiger partial charge in [-0.3, -0.25) is 0 Å². The lowest BCUT2D eigenvalue weighted by atomic mass is 9.95. The first kappa shape index (κ1) is 21.4. The maximum Gasteiger partial charge on any atom is 0.322 e. The minimum Gasteiger partial charge on any atom is -0.310 e. The molecule has 0 bridgehead atoms. The molecule has 2 aliphatic rings. The first-order chi connectivity index (χ1) is 16.6. The van der Waals surface area contributed by atoms with E-state index < -0.39 is 0 Å². The smallest absolute Gasteiger partial charge is 0.310 e. The average Bonchev–Trinajstić information content (AvgIpc) is 3.42. The lowest BCUT2D eigenvalue weighted by Gasteiger charge is -2.31. The van der Waals surface area contributed by atoms with Gasteiger partial charge >= 0.3 is 6.03 Å². The van der Waals surface area contributed by atoms with Crippen LogP contribution in [0.3, 0.4) is 0 Å². The quantitative estimate of drug-likeness (QED) is 0.313. The number of urea groups is 1. The zero-order valence-electron chi connectivity index (χ0n) is 18.4. The number of benzene rings is 2. The van der Waals surface area contributed by atoms with Crippen LogP contribution in [0.4, 0.5) is 14.9 Å². The van der Waals surface area contributed by atoms with Crippen molar-refractivity contribution in [3.8, 4) is 5.00 Å². The minimum atomic E-state index is -0.367. The largest absolute Gasteiger partial charge is 0.322 e. The number of nitrogens with zero attached hydrogens (tertiary/aromatic N) is 2. The highest BCUT2D eigenvalue weighted by atomic mass is 35.5. The summed E-state index contributed by atoms with van der Waals surface area (Å²) in [5.74, 6) is -0.295. The van der Waals surface area contributed by atoms with Crippen LogP contribution in [0.1, 0.15) is 46.1 Å². The number of aryl methyl sites for hydroxylation is 1. The van der Waals surface area contributed by atoms with E-state index in [0.717, 1.165) is 24.1 Å². The number of thiophene rings is 1. The monoisotopic (exact) mass is 491 g/mol. The van der Waals surface area contributed by atoms with Crippen LogP contribution in [0, 0.1) is 5.82 Å². The third-order valence-electron chi connectivity index (χ3n) is 6.70. The molecule has 6 rings (SSSR count). The summed E-state index contributed by atoms with van der Waals surface area (Å²) in [6.07, 6.45) is 6.60. The van der Waals surface area contributed by atoms with Crippen LogP contribution in [-0.2, 0) is 19.4 Å². The van der Waals surface area contributed by atoms with Crippen molar-refractivity contribution in [2.24, 2.45) is 0 Å². The van der Waals surface area contributed by atoms with Gasteiger partial charge in [-0.25, -0.2) is 9.18 Å². The number of fused-ring (bicyclic) bond motifs is 5. The molecule has 0 spiro atoms. The number of rotatable bonds is 2. The van der Waals surface area contributed by atoms with Gasteiger partial charge in [-0.15, -0.1) is 11.3 Å². The number of hydrogen-bond donors (Lipinski definition) is 1. The van der Waals surface area contributed by atoms with Gasteiger partial charge in [0.2, 0.25) is 0 Å². The Bertz CT molecular complexity index is 1380. The summed E-state index contributed by atoms with van der Waals surface area (Å²) in [7, 11) is 0. The molecule has 2 amide bonds. The van der Waals surface area contributed by atoms with Gasteiger partial charge in [-0.2, -0.15) is 0 Å². The summed E-state index contributed by atoms with van der Waals surface area (Å²) in [5.41, 5.74) is 5.12. The topological polar surface area (TPSA) is 37.3 Å². The van der Waals surface area contributed by atoms with E-state index in [9.17, 15) is 9.18 Å². The molecule has 172 valence electrons. The van der Waals surface area contributed by atoms with Gasteiger partial charge < -0.3 is 14.8 Å². The molecular formula is C27H23ClFN3OS. The molecule has 4 aromatic rings. The molecule has 0 saturated carbocycles. The summed E-state index contributed by atoms with van der Waals surface area (Å²) in [5, 5.41) is 4.79. The molecule has 2 aromatic heterocycles. The third-order valence-corrected chi connectivity index (χ3v) is 8.27. The van der Waals surface area contributed by atoms with E-state index >= 15 is 0 Å². The molecule has 34 heavy (non-hydrogen) atoms. The van der Waals surface area contributed by atoms with Crippen molar-refractivity contribution in [1.29, 1.82) is 0 Å². The summed E-state index contributed by atoms with van der Waals surface area (Å²) >= 11 is 8.01. The van der Waals surface area contributed by atoms with Crippen molar-refractivity contribution in [1.82, 2.24) is 9.47 Å². The van der Waals surface area contributed by atoms with Crippen LogP contribution in [0.5, 0.6) is 0 Å². The number of amides is 2. The Kier molecular flexibility index (Phi) is 5.42. The van der Waals surface area contributed by atoms with Gasteiger partial charge in [-0.1, -0.05) is 29.8 Å². The second-order valence-electron chi connectivity index (χ2n) is 8.82. The predicted octanol–water partition coefficient (Wildman–Crippen LogP) is 7.35. The number of hydrogen-bond acceptors (Lipinski definition) is 2. The SMILES string of the molecule is O=C(Nc1cccc(Cl)c1)N1Cc2c(sc3c2CCCC3)-n2cccc2[C@H]1c1ccc(F)cc1. The van der Waals surface area contributed by atoms with Crippen LogP contribution in [0.15, 0.2) is 66.9 Å². The third kappa shape index (κ3) is 3.71. The molecule has 2 aromatic carbocycles. The number of carbonyl (C=O) groups excluding carboxylic acids is 1. The Labute approximate surface area is 206 Å². The fraction of sp³-hybridized carbons (Fsp3) is 0.222. The molecule has 3 heterocycles. The molecule has 1 atom stereocenters. The average molecular weight is 492 g/mol. The fourth-order valence-corrected chi connectivity index (χ4v) is 6.74. The van der Waals surface area contributed by atoms with Gasteiger partial charge in [0, 0.05) is 27.3 Å². The summed E-state index contributed by atoms with van der Waals surface area (Å²) in [4.78, 5) is 17.1. The van der Waals surface area contributed by atoms with E-state index in [1.165, 1.54) is 46.0 Å². The first-order valence-electron chi connectivity index (χ1n) is 11.5. The van der Waals surface area contributed by atoms with Crippen molar-refractivity contribution in [3.63, 3.8) is 0 Å². The van der Waals surface area contributed by atoms with Crippen LogP contribution >= 0.6 is 22.9 Å². The zero-order chi connectivity index (χ0) is 23.2. The Hall–Kier alpha value is -3.09. The van der Waals surface area contributed by atoms with Gasteiger partial charge in [0.05, 0.1) is 18.3 Å². The maximum atomic E-state index is 13.8. The maximum absolute atomic E-state index is 13.8.